The molecule has 1 heterocycles. The van der Waals surface area contributed by atoms with Crippen molar-refractivity contribution >= 4 is 45.4 Å². The van der Waals surface area contributed by atoms with Crippen LogP contribution in [0.5, 0.6) is 11.5 Å². The normalized spacial score (nSPS) is 21.6. The predicted molar refractivity (Wildman–Crippen MR) is 146 cm³/mol. The average Bonchev–Trinajstić information content (AvgIpc) is 3.06. The maximum Gasteiger partial charge on any atom is 0.325 e. The van der Waals surface area contributed by atoms with Crippen molar-refractivity contribution < 1.29 is 23.5 Å². The van der Waals surface area contributed by atoms with Crippen LogP contribution in [0, 0.1) is 17.2 Å². The van der Waals surface area contributed by atoms with E-state index in [1.807, 2.05) is 6.07 Å². The van der Waals surface area contributed by atoms with E-state index in [9.17, 15) is 18.8 Å². The van der Waals surface area contributed by atoms with Gasteiger partial charge in [0.1, 0.15) is 29.4 Å². The molecular formula is C28H32BrClFN3O4. The number of halogens is 3. The van der Waals surface area contributed by atoms with Crippen LogP contribution in [0.3, 0.4) is 0 Å². The summed E-state index contributed by atoms with van der Waals surface area (Å²) in [6, 6.07) is 8.87. The Hall–Kier alpha value is -2.65. The lowest BCUT2D eigenvalue weighted by Crippen LogP contribution is -2.51. The Bertz CT molecular complexity index is 1260. The molecule has 204 valence electrons. The molecule has 0 bridgehead atoms. The second-order valence-corrected chi connectivity index (χ2v) is 12.5. The fourth-order valence-electron chi connectivity index (χ4n) is 5.16. The van der Waals surface area contributed by atoms with Gasteiger partial charge < -0.3 is 15.0 Å². The van der Waals surface area contributed by atoms with Gasteiger partial charge in [-0.1, -0.05) is 54.4 Å². The van der Waals surface area contributed by atoms with Crippen LogP contribution in [0.15, 0.2) is 40.9 Å². The third-order valence-electron chi connectivity index (χ3n) is 7.58. The number of likely N-dealkylation sites (N-methyl/N-ethyl adjacent to an activating group) is 1. The molecule has 0 atom stereocenters. The summed E-state index contributed by atoms with van der Waals surface area (Å²) in [6.07, 6.45) is 2.85. The summed E-state index contributed by atoms with van der Waals surface area (Å²) in [7, 11) is 1.60. The molecule has 7 nitrogen and oxygen atoms in total. The van der Waals surface area contributed by atoms with Gasteiger partial charge in [-0.2, -0.15) is 0 Å². The number of rotatable bonds is 6. The highest BCUT2D eigenvalue weighted by molar-refractivity contribution is 9.10. The Morgan fingerprint density at radius 2 is 1.89 bits per heavy atom. The fourth-order valence-corrected chi connectivity index (χ4v) is 5.67. The summed E-state index contributed by atoms with van der Waals surface area (Å²) in [5, 5.41) is 2.83. The van der Waals surface area contributed by atoms with E-state index in [-0.39, 0.29) is 35.3 Å². The highest BCUT2D eigenvalue weighted by Crippen LogP contribution is 2.43. The van der Waals surface area contributed by atoms with Crippen molar-refractivity contribution in [3.8, 4) is 11.5 Å². The summed E-state index contributed by atoms with van der Waals surface area (Å²) in [6.45, 7) is 6.41. The number of nitrogens with zero attached hydrogens (tertiary/aromatic N) is 2. The second kappa shape index (κ2) is 10.8. The van der Waals surface area contributed by atoms with Crippen LogP contribution in [0.1, 0.15) is 52.0 Å². The monoisotopic (exact) mass is 607 g/mol. The van der Waals surface area contributed by atoms with Gasteiger partial charge in [-0.25, -0.2) is 9.18 Å². The Balaban J connectivity index is 1.42. The average molecular weight is 609 g/mol. The van der Waals surface area contributed by atoms with Gasteiger partial charge in [0.05, 0.1) is 5.02 Å². The molecule has 1 saturated heterocycles. The van der Waals surface area contributed by atoms with E-state index < -0.39 is 17.4 Å². The topological polar surface area (TPSA) is 79.0 Å². The Labute approximate surface area is 235 Å². The molecule has 38 heavy (non-hydrogen) atoms. The Morgan fingerprint density at radius 3 is 2.53 bits per heavy atom. The summed E-state index contributed by atoms with van der Waals surface area (Å²) in [5.74, 6) is 0.0168. The lowest BCUT2D eigenvalue weighted by Gasteiger charge is -2.40. The molecule has 2 aromatic rings. The third-order valence-corrected chi connectivity index (χ3v) is 8.37. The first-order valence-electron chi connectivity index (χ1n) is 12.6. The van der Waals surface area contributed by atoms with Gasteiger partial charge in [-0.15, -0.1) is 0 Å². The summed E-state index contributed by atoms with van der Waals surface area (Å²) in [4.78, 5) is 41.7. The molecule has 4 rings (SSSR count). The van der Waals surface area contributed by atoms with Crippen LogP contribution in [-0.4, -0.2) is 46.8 Å². The summed E-state index contributed by atoms with van der Waals surface area (Å²) in [5.41, 5.74) is -0.0935. The molecule has 2 aromatic carbocycles. The van der Waals surface area contributed by atoms with Gasteiger partial charge in [-0.05, 0) is 61.3 Å². The number of imide groups is 1. The molecule has 2 aliphatic rings. The number of ether oxygens (including phenoxy) is 1. The van der Waals surface area contributed by atoms with Crippen LogP contribution in [0.4, 0.5) is 9.18 Å². The molecule has 1 aliphatic heterocycles. The first kappa shape index (κ1) is 28.4. The van der Waals surface area contributed by atoms with Gasteiger partial charge in [0.2, 0.25) is 5.91 Å². The van der Waals surface area contributed by atoms with Gasteiger partial charge in [0.15, 0.2) is 0 Å². The number of hydrogen-bond acceptors (Lipinski definition) is 4. The highest BCUT2D eigenvalue weighted by atomic mass is 79.9. The minimum atomic E-state index is -0.916. The number of nitrogens with one attached hydrogen (secondary N) is 1. The first-order chi connectivity index (χ1) is 17.8. The third kappa shape index (κ3) is 5.99. The molecule has 2 fully saturated rings. The molecule has 1 N–H and O–H groups in total. The molecule has 1 spiro atoms. The van der Waals surface area contributed by atoms with Crippen LogP contribution in [0.25, 0.3) is 0 Å². The smallest absolute Gasteiger partial charge is 0.325 e. The number of urea groups is 1. The predicted octanol–water partition coefficient (Wildman–Crippen LogP) is 6.52. The number of hydrogen-bond donors (Lipinski definition) is 1. The van der Waals surface area contributed by atoms with Crippen LogP contribution >= 0.6 is 27.5 Å². The van der Waals surface area contributed by atoms with E-state index in [2.05, 4.69) is 42.0 Å². The van der Waals surface area contributed by atoms with Crippen LogP contribution in [-0.2, 0) is 16.1 Å². The van der Waals surface area contributed by atoms with E-state index in [1.54, 1.807) is 19.2 Å². The van der Waals surface area contributed by atoms with Gasteiger partial charge in [0, 0.05) is 29.7 Å². The van der Waals surface area contributed by atoms with Gasteiger partial charge in [-0.3, -0.25) is 14.5 Å². The van der Waals surface area contributed by atoms with E-state index in [0.29, 0.717) is 35.8 Å². The Kier molecular flexibility index (Phi) is 8.09. The summed E-state index contributed by atoms with van der Waals surface area (Å²) < 4.78 is 20.2. The zero-order valence-electron chi connectivity index (χ0n) is 21.9. The lowest BCUT2D eigenvalue weighted by molar-refractivity contribution is -0.139. The quantitative estimate of drug-likeness (QED) is 0.379. The minimum absolute atomic E-state index is 0.0652. The van der Waals surface area contributed by atoms with Crippen molar-refractivity contribution in [1.82, 2.24) is 15.1 Å². The largest absolute Gasteiger partial charge is 0.457 e. The molecule has 1 aliphatic carbocycles. The fraction of sp³-hybridized carbons (Fsp3) is 0.464. The molecule has 0 aromatic heterocycles. The van der Waals surface area contributed by atoms with Crippen LogP contribution < -0.4 is 10.1 Å². The van der Waals surface area contributed by atoms with E-state index >= 15 is 0 Å². The highest BCUT2D eigenvalue weighted by Gasteiger charge is 2.53. The zero-order valence-corrected chi connectivity index (χ0v) is 24.3. The second-order valence-electron chi connectivity index (χ2n) is 11.2. The number of carbonyl (C=O) groups is 3. The van der Waals surface area contributed by atoms with E-state index in [0.717, 1.165) is 22.2 Å². The number of carbonyl (C=O) groups excluding carboxylic acids is 3. The standard InChI is InChI=1S/C28H32BrClFN3O4/c1-27(2,3)18-9-11-28(12-10-18)25(36)34(26(37)32-28)16-24(35)33(4)15-17-5-6-19(29)13-23(17)38-20-7-8-22(31)21(30)14-20/h5-8,13-14,18H,9-12,15-16H2,1-4H3,(H,32,37). The van der Waals surface area contributed by atoms with E-state index in [1.165, 1.54) is 23.1 Å². The SMILES string of the molecule is CN(Cc1ccc(Br)cc1Oc1ccc(F)c(Cl)c1)C(=O)CN1C(=O)NC2(CCC(C(C)(C)C)CC2)C1=O. The molecular weight excluding hydrogens is 577 g/mol. The summed E-state index contributed by atoms with van der Waals surface area (Å²) >= 11 is 9.30. The molecule has 4 amide bonds. The van der Waals surface area contributed by atoms with Crippen molar-refractivity contribution in [3.05, 3.63) is 57.3 Å². The minimum Gasteiger partial charge on any atom is -0.457 e. The molecule has 10 heteroatoms. The van der Waals surface area contributed by atoms with Gasteiger partial charge >= 0.3 is 6.03 Å². The lowest BCUT2D eigenvalue weighted by atomic mass is 9.67. The van der Waals surface area contributed by atoms with Crippen molar-refractivity contribution in [2.75, 3.05) is 13.6 Å². The maximum atomic E-state index is 13.5. The maximum absolute atomic E-state index is 13.5. The zero-order chi connectivity index (χ0) is 27.8. The Morgan fingerprint density at radius 1 is 1.21 bits per heavy atom. The van der Waals surface area contributed by atoms with E-state index in [4.69, 9.17) is 16.3 Å². The van der Waals surface area contributed by atoms with Crippen molar-refractivity contribution in [3.63, 3.8) is 0 Å². The van der Waals surface area contributed by atoms with Crippen LogP contribution in [0.2, 0.25) is 5.02 Å². The molecule has 0 unspecified atom stereocenters. The molecule has 1 saturated carbocycles. The number of benzene rings is 2. The van der Waals surface area contributed by atoms with Crippen molar-refractivity contribution in [2.24, 2.45) is 11.3 Å². The first-order valence-corrected chi connectivity index (χ1v) is 13.8. The molecule has 0 radical (unpaired) electrons. The van der Waals surface area contributed by atoms with Crippen molar-refractivity contribution in [1.29, 1.82) is 0 Å². The van der Waals surface area contributed by atoms with Crippen molar-refractivity contribution in [2.45, 2.75) is 58.5 Å². The number of amides is 4. The van der Waals surface area contributed by atoms with Gasteiger partial charge in [0.25, 0.3) is 5.91 Å².